The first-order chi connectivity index (χ1) is 16.1. The fraction of sp³-hybridized carbons (Fsp3) is 0.900. The number of rotatable bonds is 22. The lowest BCUT2D eigenvalue weighted by atomic mass is 10.1. The summed E-state index contributed by atoms with van der Waals surface area (Å²) >= 11 is 0. The van der Waals surface area contributed by atoms with Crippen molar-refractivity contribution in [1.82, 2.24) is 0 Å². The molecule has 0 aliphatic heterocycles. The van der Waals surface area contributed by atoms with Gasteiger partial charge in [0.2, 0.25) is 0 Å². The molecule has 0 aromatic rings. The lowest BCUT2D eigenvalue weighted by Crippen LogP contribution is -2.40. The largest absolute Gasteiger partial charge is 0.462 e. The van der Waals surface area contributed by atoms with Gasteiger partial charge in [0.15, 0.2) is 8.32 Å². The summed E-state index contributed by atoms with van der Waals surface area (Å²) in [6.45, 7) is 16.9. The molecule has 0 heterocycles. The average molecular weight is 497 g/mol. The molecular formula is C30H60O3Si. The third-order valence-corrected chi connectivity index (χ3v) is 11.8. The lowest BCUT2D eigenvalue weighted by molar-refractivity contribution is -0.149. The quantitative estimate of drug-likeness (QED) is 0.0647. The summed E-state index contributed by atoms with van der Waals surface area (Å²) in [5.74, 6) is -0.00273. The van der Waals surface area contributed by atoms with E-state index in [2.05, 4.69) is 59.9 Å². The van der Waals surface area contributed by atoms with Crippen LogP contribution in [-0.4, -0.2) is 27.0 Å². The molecule has 3 nitrogen and oxygen atoms in total. The second-order valence-corrected chi connectivity index (χ2v) is 16.5. The molecule has 1 atom stereocenters. The third-order valence-electron chi connectivity index (χ3n) is 7.26. The highest BCUT2D eigenvalue weighted by Gasteiger charge is 2.36. The van der Waals surface area contributed by atoms with Crippen molar-refractivity contribution < 1.29 is 14.0 Å². The van der Waals surface area contributed by atoms with Crippen LogP contribution < -0.4 is 0 Å². The number of hydrogen-bond acceptors (Lipinski definition) is 3. The normalized spacial score (nSPS) is 13.5. The lowest BCUT2D eigenvalue weighted by Gasteiger charge is -2.36. The Bertz CT molecular complexity index is 508. The van der Waals surface area contributed by atoms with Crippen LogP contribution in [0.25, 0.3) is 0 Å². The Hall–Kier alpha value is -0.613. The summed E-state index contributed by atoms with van der Waals surface area (Å²) in [5, 5.41) is 0.311. The summed E-state index contributed by atoms with van der Waals surface area (Å²) in [7, 11) is -1.57. The molecule has 0 N–H and O–H groups in total. The highest BCUT2D eigenvalue weighted by atomic mass is 28.4. The van der Waals surface area contributed by atoms with Crippen molar-refractivity contribution in [2.75, 3.05) is 6.61 Å². The van der Waals surface area contributed by atoms with E-state index in [4.69, 9.17) is 9.16 Å². The predicted octanol–water partition coefficient (Wildman–Crippen LogP) is 10.1. The highest BCUT2D eigenvalue weighted by Crippen LogP contribution is 2.36. The van der Waals surface area contributed by atoms with E-state index in [-0.39, 0.29) is 12.1 Å². The summed E-state index contributed by atoms with van der Waals surface area (Å²) in [4.78, 5) is 12.2. The van der Waals surface area contributed by atoms with E-state index in [1.165, 1.54) is 57.8 Å². The van der Waals surface area contributed by atoms with Gasteiger partial charge in [-0.15, -0.1) is 0 Å². The molecule has 0 saturated carbocycles. The van der Waals surface area contributed by atoms with Crippen LogP contribution >= 0.6 is 0 Å². The van der Waals surface area contributed by atoms with Gasteiger partial charge in [-0.2, -0.15) is 0 Å². The molecule has 0 fully saturated rings. The van der Waals surface area contributed by atoms with Gasteiger partial charge in [-0.3, -0.25) is 4.79 Å². The van der Waals surface area contributed by atoms with Crippen molar-refractivity contribution in [2.45, 2.75) is 168 Å². The van der Waals surface area contributed by atoms with Gasteiger partial charge < -0.3 is 9.16 Å². The first-order valence-corrected chi connectivity index (χ1v) is 17.5. The van der Waals surface area contributed by atoms with Gasteiger partial charge in [0.25, 0.3) is 0 Å². The minimum Gasteiger partial charge on any atom is -0.462 e. The molecule has 4 heteroatoms. The van der Waals surface area contributed by atoms with Crippen LogP contribution in [0.1, 0.15) is 144 Å². The minimum absolute atomic E-state index is 0.00273. The minimum atomic E-state index is -1.57. The Kier molecular flexibility index (Phi) is 20.2. The summed E-state index contributed by atoms with van der Waals surface area (Å²) in [6, 6.07) is 0. The van der Waals surface area contributed by atoms with Crippen molar-refractivity contribution in [2.24, 2.45) is 0 Å². The van der Waals surface area contributed by atoms with Gasteiger partial charge in [0, 0.05) is 19.4 Å². The maximum absolute atomic E-state index is 12.2. The van der Waals surface area contributed by atoms with Gasteiger partial charge in [-0.25, -0.2) is 0 Å². The zero-order chi connectivity index (χ0) is 25.7. The van der Waals surface area contributed by atoms with E-state index in [0.29, 0.717) is 11.5 Å². The van der Waals surface area contributed by atoms with Crippen LogP contribution in [0.3, 0.4) is 0 Å². The number of allylic oxidation sites excluding steroid dienone is 1. The number of hydrogen-bond donors (Lipinski definition) is 0. The average Bonchev–Trinajstić information content (AvgIpc) is 2.76. The van der Waals surface area contributed by atoms with Crippen molar-refractivity contribution >= 4 is 14.3 Å². The number of unbranched alkanes of at least 4 members (excludes halogenated alkanes) is 11. The molecule has 0 bridgehead atoms. The highest BCUT2D eigenvalue weighted by molar-refractivity contribution is 6.74. The number of esters is 1. The van der Waals surface area contributed by atoms with Crippen LogP contribution in [0.2, 0.25) is 18.1 Å². The van der Waals surface area contributed by atoms with Crippen LogP contribution in [0.4, 0.5) is 0 Å². The van der Waals surface area contributed by atoms with E-state index < -0.39 is 8.32 Å². The molecule has 0 amide bonds. The Morgan fingerprint density at radius 2 is 1.38 bits per heavy atom. The molecule has 0 aliphatic rings. The third kappa shape index (κ3) is 18.7. The monoisotopic (exact) mass is 496 g/mol. The molecule has 0 rings (SSSR count). The standard InChI is InChI=1S/C30H60O3Si/c1-8-10-12-21-24-28(33-29(31)26-20-11-9-2)25-22-18-16-14-13-15-17-19-23-27-32-34(6,7)30(3,4)5/h18,22,28H,8-17,19-21,23-27H2,1-7H3. The predicted molar refractivity (Wildman–Crippen MR) is 152 cm³/mol. The van der Waals surface area contributed by atoms with E-state index in [0.717, 1.165) is 51.6 Å². The second-order valence-electron chi connectivity index (χ2n) is 11.6. The van der Waals surface area contributed by atoms with Gasteiger partial charge in [0.05, 0.1) is 0 Å². The van der Waals surface area contributed by atoms with Crippen LogP contribution in [0.5, 0.6) is 0 Å². The van der Waals surface area contributed by atoms with E-state index in [1.807, 2.05) is 0 Å². The molecule has 1 unspecified atom stereocenters. The molecule has 0 spiro atoms. The van der Waals surface area contributed by atoms with Crippen LogP contribution in [0, 0.1) is 0 Å². The van der Waals surface area contributed by atoms with E-state index in [9.17, 15) is 4.79 Å². The fourth-order valence-electron chi connectivity index (χ4n) is 3.77. The Balaban J connectivity index is 3.94. The molecule has 0 saturated heterocycles. The molecule has 0 aromatic heterocycles. The zero-order valence-electron chi connectivity index (χ0n) is 24.2. The maximum atomic E-state index is 12.2. The number of ether oxygens (including phenoxy) is 1. The van der Waals surface area contributed by atoms with Gasteiger partial charge >= 0.3 is 5.97 Å². The molecule has 0 aromatic carbocycles. The Morgan fingerprint density at radius 3 is 2.03 bits per heavy atom. The molecule has 0 aliphatic carbocycles. The molecular weight excluding hydrogens is 436 g/mol. The summed E-state index contributed by atoms with van der Waals surface area (Å²) < 4.78 is 12.1. The van der Waals surface area contributed by atoms with Crippen LogP contribution in [0.15, 0.2) is 12.2 Å². The Morgan fingerprint density at radius 1 is 0.794 bits per heavy atom. The molecule has 0 radical (unpaired) electrons. The Labute approximate surface area is 215 Å². The summed E-state index contributed by atoms with van der Waals surface area (Å²) in [6.07, 6.45) is 24.0. The number of carbonyl (C=O) groups is 1. The topological polar surface area (TPSA) is 35.5 Å². The molecule has 34 heavy (non-hydrogen) atoms. The first kappa shape index (κ1) is 33.4. The SMILES string of the molecule is CCCCCCC(CC=CCCCCCCCCO[Si](C)(C)C(C)(C)C)OC(=O)CCCCC. The van der Waals surface area contributed by atoms with Crippen molar-refractivity contribution in [1.29, 1.82) is 0 Å². The van der Waals surface area contributed by atoms with Crippen molar-refractivity contribution in [3.05, 3.63) is 12.2 Å². The van der Waals surface area contributed by atoms with Gasteiger partial charge in [-0.05, 0) is 56.7 Å². The van der Waals surface area contributed by atoms with E-state index >= 15 is 0 Å². The van der Waals surface area contributed by atoms with Crippen LogP contribution in [-0.2, 0) is 14.0 Å². The first-order valence-electron chi connectivity index (χ1n) is 14.6. The van der Waals surface area contributed by atoms with Gasteiger partial charge in [0.1, 0.15) is 6.10 Å². The zero-order valence-corrected chi connectivity index (χ0v) is 25.2. The fourth-order valence-corrected chi connectivity index (χ4v) is 4.86. The van der Waals surface area contributed by atoms with Gasteiger partial charge in [-0.1, -0.05) is 105 Å². The van der Waals surface area contributed by atoms with E-state index in [1.54, 1.807) is 0 Å². The smallest absolute Gasteiger partial charge is 0.306 e. The van der Waals surface area contributed by atoms with Crippen molar-refractivity contribution in [3.8, 4) is 0 Å². The van der Waals surface area contributed by atoms with Crippen molar-refractivity contribution in [3.63, 3.8) is 0 Å². The maximum Gasteiger partial charge on any atom is 0.306 e. The molecule has 202 valence electrons. The number of carbonyl (C=O) groups excluding carboxylic acids is 1. The second kappa shape index (κ2) is 20.6. The summed E-state index contributed by atoms with van der Waals surface area (Å²) in [5.41, 5.74) is 0.